The van der Waals surface area contributed by atoms with E-state index < -0.39 is 0 Å². The van der Waals surface area contributed by atoms with Crippen LogP contribution in [0.25, 0.3) is 0 Å². The van der Waals surface area contributed by atoms with Crippen molar-refractivity contribution in [1.82, 2.24) is 5.32 Å². The second kappa shape index (κ2) is 3.97. The van der Waals surface area contributed by atoms with Gasteiger partial charge in [0, 0.05) is 12.6 Å². The van der Waals surface area contributed by atoms with Crippen LogP contribution in [-0.4, -0.2) is 23.8 Å². The van der Waals surface area contributed by atoms with E-state index in [2.05, 4.69) is 5.32 Å². The largest absolute Gasteiger partial charge is 0.392 e. The molecule has 0 spiro atoms. The molecule has 3 saturated carbocycles. The van der Waals surface area contributed by atoms with E-state index >= 15 is 0 Å². The van der Waals surface area contributed by atoms with Gasteiger partial charge in [-0.05, 0) is 38.0 Å². The lowest BCUT2D eigenvalue weighted by Gasteiger charge is -2.43. The van der Waals surface area contributed by atoms with Crippen molar-refractivity contribution >= 4 is 0 Å². The number of hydrogen-bond donors (Lipinski definition) is 2. The number of nitrogens with one attached hydrogen (secondary N) is 1. The Balaban J connectivity index is 1.80. The predicted molar refractivity (Wildman–Crippen MR) is 53.5 cm³/mol. The topological polar surface area (TPSA) is 32.3 Å². The Hall–Kier alpha value is -0.0800. The second-order valence-corrected chi connectivity index (χ2v) is 4.88. The fraction of sp³-hybridized carbons (Fsp3) is 1.00. The molecule has 0 aliphatic heterocycles. The van der Waals surface area contributed by atoms with Gasteiger partial charge in [0.15, 0.2) is 0 Å². The van der Waals surface area contributed by atoms with Crippen LogP contribution in [0.5, 0.6) is 0 Å². The molecule has 0 aromatic heterocycles. The molecule has 3 rings (SSSR count). The molecule has 76 valence electrons. The Labute approximate surface area is 80.7 Å². The quantitative estimate of drug-likeness (QED) is 0.695. The summed E-state index contributed by atoms with van der Waals surface area (Å²) in [4.78, 5) is 0. The Kier molecular flexibility index (Phi) is 2.89. The molecule has 0 radical (unpaired) electrons. The van der Waals surface area contributed by atoms with Crippen LogP contribution in [0.2, 0.25) is 0 Å². The molecule has 3 fully saturated rings. The van der Waals surface area contributed by atoms with Crippen LogP contribution in [0, 0.1) is 11.8 Å². The molecule has 13 heavy (non-hydrogen) atoms. The fourth-order valence-corrected chi connectivity index (χ4v) is 2.95. The number of aliphatic hydroxyl groups excluding tert-OH is 1. The van der Waals surface area contributed by atoms with Crippen molar-refractivity contribution in [2.24, 2.45) is 11.8 Å². The summed E-state index contributed by atoms with van der Waals surface area (Å²) < 4.78 is 0. The third-order valence-electron chi connectivity index (χ3n) is 3.72. The molecule has 0 saturated heterocycles. The monoisotopic (exact) mass is 183 g/mol. The summed E-state index contributed by atoms with van der Waals surface area (Å²) in [5.41, 5.74) is 0. The molecule has 2 heteroatoms. The summed E-state index contributed by atoms with van der Waals surface area (Å²) in [6.07, 6.45) is 6.91. The SMILES string of the molecule is C[C@@H](O)CNC1CC2CCC1CC2. The lowest BCUT2D eigenvalue weighted by molar-refractivity contribution is 0.108. The van der Waals surface area contributed by atoms with Crippen molar-refractivity contribution in [3.8, 4) is 0 Å². The second-order valence-electron chi connectivity index (χ2n) is 4.88. The van der Waals surface area contributed by atoms with Gasteiger partial charge in [0.25, 0.3) is 0 Å². The minimum atomic E-state index is -0.194. The number of aliphatic hydroxyl groups is 1. The molecule has 2 N–H and O–H groups in total. The highest BCUT2D eigenvalue weighted by Crippen LogP contribution is 2.41. The van der Waals surface area contributed by atoms with Crippen molar-refractivity contribution in [2.75, 3.05) is 6.54 Å². The number of fused-ring (bicyclic) bond motifs is 3. The first kappa shape index (κ1) is 9.47. The van der Waals surface area contributed by atoms with Crippen molar-refractivity contribution in [3.05, 3.63) is 0 Å². The molecule has 3 aliphatic carbocycles. The fourth-order valence-electron chi connectivity index (χ4n) is 2.95. The zero-order valence-corrected chi connectivity index (χ0v) is 8.50. The Morgan fingerprint density at radius 3 is 2.46 bits per heavy atom. The average Bonchev–Trinajstić information content (AvgIpc) is 2.17. The van der Waals surface area contributed by atoms with Crippen molar-refractivity contribution in [3.63, 3.8) is 0 Å². The minimum Gasteiger partial charge on any atom is -0.392 e. The van der Waals surface area contributed by atoms with Gasteiger partial charge in [-0.3, -0.25) is 0 Å². The van der Waals surface area contributed by atoms with Crippen LogP contribution in [0.4, 0.5) is 0 Å². The van der Waals surface area contributed by atoms with Crippen molar-refractivity contribution in [2.45, 2.75) is 51.2 Å². The van der Waals surface area contributed by atoms with Crippen LogP contribution in [-0.2, 0) is 0 Å². The van der Waals surface area contributed by atoms with E-state index in [1.54, 1.807) is 0 Å². The van der Waals surface area contributed by atoms with E-state index in [9.17, 15) is 5.11 Å². The third kappa shape index (κ3) is 2.23. The van der Waals surface area contributed by atoms with Crippen molar-refractivity contribution < 1.29 is 5.11 Å². The predicted octanol–water partition coefficient (Wildman–Crippen LogP) is 1.54. The average molecular weight is 183 g/mol. The summed E-state index contributed by atoms with van der Waals surface area (Å²) in [6, 6.07) is 0.710. The van der Waals surface area contributed by atoms with Gasteiger partial charge in [0.1, 0.15) is 0 Å². The molecule has 2 nitrogen and oxygen atoms in total. The lowest BCUT2D eigenvalue weighted by Crippen LogP contribution is -2.46. The Morgan fingerprint density at radius 1 is 1.31 bits per heavy atom. The zero-order valence-electron chi connectivity index (χ0n) is 8.50. The van der Waals surface area contributed by atoms with E-state index in [0.717, 1.165) is 18.4 Å². The maximum Gasteiger partial charge on any atom is 0.0636 e. The maximum absolute atomic E-state index is 9.19. The van der Waals surface area contributed by atoms with Gasteiger partial charge in [-0.2, -0.15) is 0 Å². The van der Waals surface area contributed by atoms with Gasteiger partial charge in [-0.1, -0.05) is 12.8 Å². The van der Waals surface area contributed by atoms with Crippen LogP contribution in [0.15, 0.2) is 0 Å². The maximum atomic E-state index is 9.19. The van der Waals surface area contributed by atoms with Crippen LogP contribution in [0.3, 0.4) is 0 Å². The molecule has 0 aromatic rings. The summed E-state index contributed by atoms with van der Waals surface area (Å²) in [5, 5.41) is 12.7. The first-order valence-electron chi connectivity index (χ1n) is 5.67. The van der Waals surface area contributed by atoms with Crippen LogP contribution < -0.4 is 5.32 Å². The van der Waals surface area contributed by atoms with Crippen LogP contribution >= 0.6 is 0 Å². The highest BCUT2D eigenvalue weighted by molar-refractivity contribution is 4.90. The Morgan fingerprint density at radius 2 is 2.00 bits per heavy atom. The Bertz CT molecular complexity index is 161. The molecule has 0 aromatic carbocycles. The van der Waals surface area contributed by atoms with Gasteiger partial charge < -0.3 is 10.4 Å². The molecular weight excluding hydrogens is 162 g/mol. The van der Waals surface area contributed by atoms with E-state index in [4.69, 9.17) is 0 Å². The van der Waals surface area contributed by atoms with E-state index in [1.807, 2.05) is 6.92 Å². The van der Waals surface area contributed by atoms with Gasteiger partial charge in [-0.25, -0.2) is 0 Å². The highest BCUT2D eigenvalue weighted by atomic mass is 16.3. The van der Waals surface area contributed by atoms with Gasteiger partial charge >= 0.3 is 0 Å². The summed E-state index contributed by atoms with van der Waals surface area (Å²) in [7, 11) is 0. The summed E-state index contributed by atoms with van der Waals surface area (Å²) >= 11 is 0. The molecule has 3 aliphatic rings. The number of hydrogen-bond acceptors (Lipinski definition) is 2. The van der Waals surface area contributed by atoms with E-state index in [0.29, 0.717) is 6.04 Å². The van der Waals surface area contributed by atoms with Gasteiger partial charge in [0.05, 0.1) is 6.10 Å². The zero-order chi connectivity index (χ0) is 9.26. The normalized spacial score (nSPS) is 40.6. The summed E-state index contributed by atoms with van der Waals surface area (Å²) in [5.74, 6) is 1.89. The number of rotatable bonds is 3. The molecule has 2 bridgehead atoms. The van der Waals surface area contributed by atoms with Crippen LogP contribution in [0.1, 0.15) is 39.0 Å². The van der Waals surface area contributed by atoms with Gasteiger partial charge in [-0.15, -0.1) is 0 Å². The summed E-state index contributed by atoms with van der Waals surface area (Å²) in [6.45, 7) is 2.63. The van der Waals surface area contributed by atoms with Crippen molar-refractivity contribution in [1.29, 1.82) is 0 Å². The highest BCUT2D eigenvalue weighted by Gasteiger charge is 2.34. The van der Waals surface area contributed by atoms with E-state index in [-0.39, 0.29) is 6.10 Å². The standard InChI is InChI=1S/C11H21NO/c1-8(13)7-12-11-6-9-2-4-10(11)5-3-9/h8-13H,2-7H2,1H3/t8-,9?,10?,11?/m1/s1. The molecule has 0 heterocycles. The minimum absolute atomic E-state index is 0.194. The first-order valence-corrected chi connectivity index (χ1v) is 5.67. The van der Waals surface area contributed by atoms with Gasteiger partial charge in [0.2, 0.25) is 0 Å². The molecule has 1 unspecified atom stereocenters. The third-order valence-corrected chi connectivity index (χ3v) is 3.72. The molecule has 2 atom stereocenters. The molecule has 0 amide bonds. The first-order chi connectivity index (χ1) is 6.25. The molecular formula is C11H21NO. The smallest absolute Gasteiger partial charge is 0.0636 e. The van der Waals surface area contributed by atoms with E-state index in [1.165, 1.54) is 32.1 Å². The lowest BCUT2D eigenvalue weighted by atomic mass is 9.68.